The summed E-state index contributed by atoms with van der Waals surface area (Å²) in [6.45, 7) is 2.00. The van der Waals surface area contributed by atoms with E-state index in [9.17, 15) is 4.79 Å². The van der Waals surface area contributed by atoms with Gasteiger partial charge in [0.15, 0.2) is 0 Å². The first kappa shape index (κ1) is 9.97. The highest BCUT2D eigenvalue weighted by Crippen LogP contribution is 2.24. The summed E-state index contributed by atoms with van der Waals surface area (Å²) in [7, 11) is 0. The molecule has 0 aliphatic carbocycles. The van der Waals surface area contributed by atoms with Crippen molar-refractivity contribution >= 4 is 11.9 Å². The molecule has 0 unspecified atom stereocenters. The number of carboxylic acid groups (broad SMARTS) is 1. The van der Waals surface area contributed by atoms with Crippen molar-refractivity contribution in [3.63, 3.8) is 0 Å². The molecule has 1 fully saturated rings. The lowest BCUT2D eigenvalue weighted by molar-refractivity contribution is 0.209. The van der Waals surface area contributed by atoms with Gasteiger partial charge in [0, 0.05) is 12.0 Å². The standard InChI is InChI=1S/C9H14N4O2/c14-9(15)11-8-5-7(12-13-8)6-1-3-10-4-2-6/h5-6,10H,1-4H2,(H,14,15)(H2,11,12,13). The second-order valence-corrected chi connectivity index (χ2v) is 3.66. The van der Waals surface area contributed by atoms with Gasteiger partial charge in [0.05, 0.1) is 5.69 Å². The van der Waals surface area contributed by atoms with Crippen molar-refractivity contribution in [1.29, 1.82) is 0 Å². The number of nitrogens with one attached hydrogen (secondary N) is 3. The summed E-state index contributed by atoms with van der Waals surface area (Å²) < 4.78 is 0. The molecule has 1 aliphatic rings. The molecule has 1 aromatic heterocycles. The van der Waals surface area contributed by atoms with Crippen LogP contribution in [0.25, 0.3) is 0 Å². The molecular weight excluding hydrogens is 196 g/mol. The van der Waals surface area contributed by atoms with Gasteiger partial charge >= 0.3 is 6.09 Å². The van der Waals surface area contributed by atoms with Crippen LogP contribution >= 0.6 is 0 Å². The first-order chi connectivity index (χ1) is 7.25. The van der Waals surface area contributed by atoms with Crippen molar-refractivity contribution in [3.05, 3.63) is 11.8 Å². The van der Waals surface area contributed by atoms with Crippen LogP contribution in [0.15, 0.2) is 6.07 Å². The molecule has 0 atom stereocenters. The summed E-state index contributed by atoms with van der Waals surface area (Å²) >= 11 is 0. The molecule has 0 saturated carbocycles. The van der Waals surface area contributed by atoms with Crippen LogP contribution in [0.4, 0.5) is 10.6 Å². The van der Waals surface area contributed by atoms with Crippen molar-refractivity contribution < 1.29 is 9.90 Å². The summed E-state index contributed by atoms with van der Waals surface area (Å²) in [6.07, 6.45) is 1.03. The van der Waals surface area contributed by atoms with E-state index < -0.39 is 6.09 Å². The quantitative estimate of drug-likeness (QED) is 0.585. The van der Waals surface area contributed by atoms with E-state index in [2.05, 4.69) is 20.8 Å². The molecule has 0 spiro atoms. The zero-order valence-electron chi connectivity index (χ0n) is 8.29. The molecule has 0 radical (unpaired) electrons. The Kier molecular flexibility index (Phi) is 2.86. The highest BCUT2D eigenvalue weighted by molar-refractivity contribution is 5.81. The van der Waals surface area contributed by atoms with Crippen molar-refractivity contribution in [2.45, 2.75) is 18.8 Å². The summed E-state index contributed by atoms with van der Waals surface area (Å²) in [5.41, 5.74) is 0.945. The number of hydrogen-bond donors (Lipinski definition) is 4. The van der Waals surface area contributed by atoms with Crippen molar-refractivity contribution in [1.82, 2.24) is 15.5 Å². The van der Waals surface area contributed by atoms with E-state index in [0.29, 0.717) is 11.7 Å². The molecule has 82 valence electrons. The topological polar surface area (TPSA) is 90.0 Å². The predicted molar refractivity (Wildman–Crippen MR) is 55.1 cm³/mol. The number of aromatic amines is 1. The van der Waals surface area contributed by atoms with Crippen molar-refractivity contribution in [2.24, 2.45) is 0 Å². The lowest BCUT2D eigenvalue weighted by atomic mass is 9.95. The first-order valence-corrected chi connectivity index (χ1v) is 5.01. The van der Waals surface area contributed by atoms with Crippen LogP contribution in [0.2, 0.25) is 0 Å². The highest BCUT2D eigenvalue weighted by atomic mass is 16.4. The van der Waals surface area contributed by atoms with Gasteiger partial charge in [-0.1, -0.05) is 0 Å². The summed E-state index contributed by atoms with van der Waals surface area (Å²) in [4.78, 5) is 10.4. The van der Waals surface area contributed by atoms with E-state index in [4.69, 9.17) is 5.11 Å². The van der Waals surface area contributed by atoms with Gasteiger partial charge in [-0.25, -0.2) is 4.79 Å². The number of carbonyl (C=O) groups is 1. The van der Waals surface area contributed by atoms with Crippen molar-refractivity contribution in [2.75, 3.05) is 18.4 Å². The first-order valence-electron chi connectivity index (χ1n) is 5.01. The Hall–Kier alpha value is -1.56. The van der Waals surface area contributed by atoms with Gasteiger partial charge < -0.3 is 10.4 Å². The molecule has 2 rings (SSSR count). The molecule has 0 bridgehead atoms. The fourth-order valence-corrected chi connectivity index (χ4v) is 1.84. The smallest absolute Gasteiger partial charge is 0.410 e. The zero-order chi connectivity index (χ0) is 10.7. The maximum absolute atomic E-state index is 10.4. The molecule has 1 amide bonds. The molecule has 6 heteroatoms. The van der Waals surface area contributed by atoms with E-state index in [1.54, 1.807) is 6.07 Å². The normalized spacial score (nSPS) is 17.6. The van der Waals surface area contributed by atoms with Gasteiger partial charge in [0.1, 0.15) is 5.82 Å². The van der Waals surface area contributed by atoms with Crippen LogP contribution in [0.3, 0.4) is 0 Å². The van der Waals surface area contributed by atoms with Crippen LogP contribution in [-0.4, -0.2) is 34.5 Å². The minimum absolute atomic E-state index is 0.437. The number of amides is 1. The van der Waals surface area contributed by atoms with Crippen LogP contribution in [-0.2, 0) is 0 Å². The number of piperidine rings is 1. The predicted octanol–water partition coefficient (Wildman–Crippen LogP) is 0.967. The molecule has 1 aromatic rings. The number of hydrogen-bond acceptors (Lipinski definition) is 3. The van der Waals surface area contributed by atoms with Gasteiger partial charge in [-0.05, 0) is 25.9 Å². The molecule has 4 N–H and O–H groups in total. The third kappa shape index (κ3) is 2.47. The van der Waals surface area contributed by atoms with E-state index in [-0.39, 0.29) is 0 Å². The Morgan fingerprint density at radius 1 is 1.53 bits per heavy atom. The molecule has 1 aliphatic heterocycles. The molecular formula is C9H14N4O2. The van der Waals surface area contributed by atoms with Gasteiger partial charge in [-0.2, -0.15) is 5.10 Å². The average Bonchev–Trinajstić information content (AvgIpc) is 2.67. The number of aromatic nitrogens is 2. The SMILES string of the molecule is O=C(O)Nc1cc(C2CCNCC2)n[nH]1. The fraction of sp³-hybridized carbons (Fsp3) is 0.556. The lowest BCUT2D eigenvalue weighted by Gasteiger charge is -2.20. The fourth-order valence-electron chi connectivity index (χ4n) is 1.84. The zero-order valence-corrected chi connectivity index (χ0v) is 8.29. The maximum atomic E-state index is 10.4. The maximum Gasteiger partial charge on any atom is 0.410 e. The van der Waals surface area contributed by atoms with E-state index in [1.807, 2.05) is 0 Å². The number of anilines is 1. The van der Waals surface area contributed by atoms with Crippen LogP contribution in [0, 0.1) is 0 Å². The minimum Gasteiger partial charge on any atom is -0.465 e. The van der Waals surface area contributed by atoms with E-state index in [1.165, 1.54) is 0 Å². The summed E-state index contributed by atoms with van der Waals surface area (Å²) in [6, 6.07) is 1.77. The van der Waals surface area contributed by atoms with Gasteiger partial charge in [0.25, 0.3) is 0 Å². The van der Waals surface area contributed by atoms with Gasteiger partial charge in [0.2, 0.25) is 0 Å². The lowest BCUT2D eigenvalue weighted by Crippen LogP contribution is -2.26. The third-order valence-corrected chi connectivity index (χ3v) is 2.60. The second kappa shape index (κ2) is 4.31. The highest BCUT2D eigenvalue weighted by Gasteiger charge is 2.18. The molecule has 6 nitrogen and oxygen atoms in total. The minimum atomic E-state index is -1.07. The summed E-state index contributed by atoms with van der Waals surface area (Å²) in [5, 5.41) is 20.8. The molecule has 2 heterocycles. The second-order valence-electron chi connectivity index (χ2n) is 3.66. The summed E-state index contributed by atoms with van der Waals surface area (Å²) in [5.74, 6) is 0.878. The number of nitrogens with zero attached hydrogens (tertiary/aromatic N) is 1. The van der Waals surface area contributed by atoms with Gasteiger partial charge in [-0.15, -0.1) is 0 Å². The Balaban J connectivity index is 2.02. The molecule has 15 heavy (non-hydrogen) atoms. The number of H-pyrrole nitrogens is 1. The van der Waals surface area contributed by atoms with Crippen LogP contribution < -0.4 is 10.6 Å². The van der Waals surface area contributed by atoms with Crippen molar-refractivity contribution in [3.8, 4) is 0 Å². The van der Waals surface area contributed by atoms with Crippen LogP contribution in [0.5, 0.6) is 0 Å². The molecule has 0 aromatic carbocycles. The monoisotopic (exact) mass is 210 g/mol. The van der Waals surface area contributed by atoms with Crippen LogP contribution in [0.1, 0.15) is 24.5 Å². The Labute approximate surface area is 87.1 Å². The van der Waals surface area contributed by atoms with Gasteiger partial charge in [-0.3, -0.25) is 10.4 Å². The average molecular weight is 210 g/mol. The largest absolute Gasteiger partial charge is 0.465 e. The Bertz CT molecular complexity index is 344. The molecule has 1 saturated heterocycles. The third-order valence-electron chi connectivity index (χ3n) is 2.60. The van der Waals surface area contributed by atoms with E-state index in [0.717, 1.165) is 31.6 Å². The Morgan fingerprint density at radius 3 is 2.93 bits per heavy atom. The Morgan fingerprint density at radius 2 is 2.27 bits per heavy atom. The number of rotatable bonds is 2. The van der Waals surface area contributed by atoms with E-state index >= 15 is 0 Å².